The van der Waals surface area contributed by atoms with Gasteiger partial charge in [0.25, 0.3) is 0 Å². The van der Waals surface area contributed by atoms with Gasteiger partial charge in [-0.3, -0.25) is 4.79 Å². The number of ether oxygens (including phenoxy) is 2. The topological polar surface area (TPSA) is 52.6 Å². The molecule has 0 aromatic heterocycles. The summed E-state index contributed by atoms with van der Waals surface area (Å²) in [5, 5.41) is 0. The first-order valence-electron chi connectivity index (χ1n) is 6.63. The predicted octanol–water partition coefficient (Wildman–Crippen LogP) is 3.31. The van der Waals surface area contributed by atoms with Crippen molar-refractivity contribution < 1.29 is 19.1 Å². The summed E-state index contributed by atoms with van der Waals surface area (Å²) in [5.41, 5.74) is 0.991. The molecule has 0 heterocycles. The van der Waals surface area contributed by atoms with Crippen LogP contribution in [0.3, 0.4) is 0 Å². The van der Waals surface area contributed by atoms with Gasteiger partial charge in [0.1, 0.15) is 5.60 Å². The number of carbonyl (C=O) groups is 2. The Morgan fingerprint density at radius 1 is 1.15 bits per heavy atom. The molecule has 1 rings (SSSR count). The summed E-state index contributed by atoms with van der Waals surface area (Å²) >= 11 is 0. The van der Waals surface area contributed by atoms with Crippen LogP contribution >= 0.6 is 0 Å². The highest BCUT2D eigenvalue weighted by atomic mass is 16.6. The molecule has 0 aliphatic heterocycles. The third-order valence-electron chi connectivity index (χ3n) is 2.81. The molecule has 0 aliphatic rings. The second kappa shape index (κ2) is 6.55. The van der Waals surface area contributed by atoms with Gasteiger partial charge in [-0.05, 0) is 44.4 Å². The van der Waals surface area contributed by atoms with Crippen molar-refractivity contribution in [2.24, 2.45) is 0 Å². The number of methoxy groups -OCH3 is 1. The van der Waals surface area contributed by atoms with Gasteiger partial charge in [0.05, 0.1) is 19.1 Å². The highest BCUT2D eigenvalue weighted by Gasteiger charge is 2.18. The van der Waals surface area contributed by atoms with Crippen molar-refractivity contribution in [2.75, 3.05) is 7.11 Å². The van der Waals surface area contributed by atoms with Crippen LogP contribution in [0.25, 0.3) is 0 Å². The Morgan fingerprint density at radius 3 is 2.15 bits per heavy atom. The average molecular weight is 278 g/mol. The summed E-state index contributed by atoms with van der Waals surface area (Å²) in [5.74, 6) is -0.534. The van der Waals surface area contributed by atoms with Crippen LogP contribution in [0.4, 0.5) is 0 Å². The van der Waals surface area contributed by atoms with E-state index in [0.29, 0.717) is 12.0 Å². The van der Waals surface area contributed by atoms with E-state index in [1.165, 1.54) is 7.11 Å². The van der Waals surface area contributed by atoms with Crippen LogP contribution in [0.5, 0.6) is 0 Å². The van der Waals surface area contributed by atoms with Gasteiger partial charge in [0.15, 0.2) is 0 Å². The van der Waals surface area contributed by atoms with Gasteiger partial charge < -0.3 is 9.47 Å². The van der Waals surface area contributed by atoms with E-state index in [-0.39, 0.29) is 17.9 Å². The molecule has 0 fully saturated rings. The van der Waals surface area contributed by atoms with Crippen LogP contribution < -0.4 is 0 Å². The molecular formula is C16H22O4. The molecule has 110 valence electrons. The van der Waals surface area contributed by atoms with Crippen molar-refractivity contribution in [2.45, 2.75) is 45.6 Å². The van der Waals surface area contributed by atoms with E-state index in [1.807, 2.05) is 39.8 Å². The van der Waals surface area contributed by atoms with E-state index in [1.54, 1.807) is 12.1 Å². The maximum Gasteiger partial charge on any atom is 0.338 e. The van der Waals surface area contributed by atoms with Crippen LogP contribution in [-0.4, -0.2) is 24.6 Å². The molecule has 4 nitrogen and oxygen atoms in total. The van der Waals surface area contributed by atoms with Crippen molar-refractivity contribution in [3.63, 3.8) is 0 Å². The van der Waals surface area contributed by atoms with E-state index in [0.717, 1.165) is 5.56 Å². The number of esters is 2. The van der Waals surface area contributed by atoms with Crippen LogP contribution in [-0.2, 0) is 14.3 Å². The first-order chi connectivity index (χ1) is 9.23. The van der Waals surface area contributed by atoms with Gasteiger partial charge >= 0.3 is 11.9 Å². The molecule has 1 unspecified atom stereocenters. The molecule has 0 saturated heterocycles. The minimum atomic E-state index is -0.506. The third kappa shape index (κ3) is 5.03. The van der Waals surface area contributed by atoms with E-state index in [4.69, 9.17) is 4.74 Å². The van der Waals surface area contributed by atoms with Gasteiger partial charge in [0.2, 0.25) is 0 Å². The van der Waals surface area contributed by atoms with Gasteiger partial charge in [-0.15, -0.1) is 0 Å². The summed E-state index contributed by atoms with van der Waals surface area (Å²) in [7, 11) is 1.38. The molecule has 0 radical (unpaired) electrons. The van der Waals surface area contributed by atoms with E-state index in [2.05, 4.69) is 4.74 Å². The van der Waals surface area contributed by atoms with Crippen LogP contribution in [0.15, 0.2) is 24.3 Å². The molecule has 0 saturated carbocycles. The summed E-state index contributed by atoms with van der Waals surface area (Å²) in [6.45, 7) is 7.44. The van der Waals surface area contributed by atoms with E-state index >= 15 is 0 Å². The van der Waals surface area contributed by atoms with E-state index in [9.17, 15) is 9.59 Å². The Hall–Kier alpha value is -1.84. The lowest BCUT2D eigenvalue weighted by atomic mass is 9.97. The highest BCUT2D eigenvalue weighted by molar-refractivity contribution is 5.89. The highest BCUT2D eigenvalue weighted by Crippen LogP contribution is 2.21. The van der Waals surface area contributed by atoms with Crippen molar-refractivity contribution >= 4 is 11.9 Å². The zero-order valence-electron chi connectivity index (χ0n) is 12.7. The SMILES string of the molecule is COC(=O)CC(C)c1ccc(C(=O)OC(C)(C)C)cc1. The molecule has 0 bridgehead atoms. The predicted molar refractivity (Wildman–Crippen MR) is 76.7 cm³/mol. The summed E-state index contributed by atoms with van der Waals surface area (Å²) < 4.78 is 9.94. The lowest BCUT2D eigenvalue weighted by Crippen LogP contribution is -2.23. The smallest absolute Gasteiger partial charge is 0.338 e. The fourth-order valence-corrected chi connectivity index (χ4v) is 1.74. The number of rotatable bonds is 4. The lowest BCUT2D eigenvalue weighted by molar-refractivity contribution is -0.140. The molecule has 0 aliphatic carbocycles. The second-order valence-corrected chi connectivity index (χ2v) is 5.81. The number of benzene rings is 1. The van der Waals surface area contributed by atoms with Crippen LogP contribution in [0.2, 0.25) is 0 Å². The van der Waals surface area contributed by atoms with E-state index < -0.39 is 5.60 Å². The molecule has 1 atom stereocenters. The van der Waals surface area contributed by atoms with Crippen molar-refractivity contribution in [3.05, 3.63) is 35.4 Å². The molecule has 1 aromatic carbocycles. The zero-order chi connectivity index (χ0) is 15.3. The number of carbonyl (C=O) groups excluding carboxylic acids is 2. The van der Waals surface area contributed by atoms with Gasteiger partial charge in [0, 0.05) is 0 Å². The monoisotopic (exact) mass is 278 g/mol. The Balaban J connectivity index is 2.73. The standard InChI is InChI=1S/C16H22O4/c1-11(10-14(17)19-5)12-6-8-13(9-7-12)15(18)20-16(2,3)4/h6-9,11H,10H2,1-5H3. The van der Waals surface area contributed by atoms with Crippen molar-refractivity contribution in [1.29, 1.82) is 0 Å². The molecular weight excluding hydrogens is 256 g/mol. The normalized spacial score (nSPS) is 12.7. The average Bonchev–Trinajstić information content (AvgIpc) is 2.36. The maximum atomic E-state index is 11.9. The minimum absolute atomic E-state index is 0.0511. The fraction of sp³-hybridized carbons (Fsp3) is 0.500. The van der Waals surface area contributed by atoms with Crippen LogP contribution in [0.1, 0.15) is 56.0 Å². The Morgan fingerprint density at radius 2 is 1.70 bits per heavy atom. The largest absolute Gasteiger partial charge is 0.469 e. The Bertz CT molecular complexity index is 468. The van der Waals surface area contributed by atoms with Crippen LogP contribution in [0, 0.1) is 0 Å². The number of hydrogen-bond acceptors (Lipinski definition) is 4. The first-order valence-corrected chi connectivity index (χ1v) is 6.63. The second-order valence-electron chi connectivity index (χ2n) is 5.81. The van der Waals surface area contributed by atoms with Gasteiger partial charge in [-0.25, -0.2) is 4.79 Å². The fourth-order valence-electron chi connectivity index (χ4n) is 1.74. The van der Waals surface area contributed by atoms with Crippen molar-refractivity contribution in [1.82, 2.24) is 0 Å². The maximum absolute atomic E-state index is 11.9. The Labute approximate surface area is 120 Å². The van der Waals surface area contributed by atoms with Gasteiger partial charge in [-0.2, -0.15) is 0 Å². The Kier molecular flexibility index (Phi) is 5.31. The number of hydrogen-bond donors (Lipinski definition) is 0. The molecule has 0 spiro atoms. The summed E-state index contributed by atoms with van der Waals surface area (Å²) in [6, 6.07) is 7.12. The third-order valence-corrected chi connectivity index (χ3v) is 2.81. The molecule has 20 heavy (non-hydrogen) atoms. The molecule has 1 aromatic rings. The quantitative estimate of drug-likeness (QED) is 0.793. The minimum Gasteiger partial charge on any atom is -0.469 e. The zero-order valence-corrected chi connectivity index (χ0v) is 12.7. The molecule has 0 amide bonds. The molecule has 0 N–H and O–H groups in total. The van der Waals surface area contributed by atoms with Crippen molar-refractivity contribution in [3.8, 4) is 0 Å². The summed E-state index contributed by atoms with van der Waals surface area (Å²) in [6.07, 6.45) is 0.322. The first kappa shape index (κ1) is 16.2. The summed E-state index contributed by atoms with van der Waals surface area (Å²) in [4.78, 5) is 23.1. The van der Waals surface area contributed by atoms with Gasteiger partial charge in [-0.1, -0.05) is 19.1 Å². The lowest BCUT2D eigenvalue weighted by Gasteiger charge is -2.19. The molecule has 4 heteroatoms.